The van der Waals surface area contributed by atoms with E-state index in [0.29, 0.717) is 19.1 Å². The molecule has 1 aliphatic rings. The second-order valence-corrected chi connectivity index (χ2v) is 6.75. The lowest BCUT2D eigenvalue weighted by Gasteiger charge is -2.22. The second-order valence-electron chi connectivity index (χ2n) is 6.75. The van der Waals surface area contributed by atoms with Crippen molar-refractivity contribution in [2.75, 3.05) is 19.7 Å². The molecule has 0 spiro atoms. The maximum Gasteiger partial charge on any atom is 0.416 e. The van der Waals surface area contributed by atoms with Crippen molar-refractivity contribution in [3.63, 3.8) is 0 Å². The third-order valence-corrected chi connectivity index (χ3v) is 4.96. The van der Waals surface area contributed by atoms with E-state index in [0.717, 1.165) is 42.1 Å². The number of rotatable bonds is 6. The Kier molecular flexibility index (Phi) is 5.87. The Balaban J connectivity index is 1.54. The Bertz CT molecular complexity index is 695. The Morgan fingerprint density at radius 2 is 1.62 bits per heavy atom. The summed E-state index contributed by atoms with van der Waals surface area (Å²) in [7, 11) is 0. The number of nitrogens with zero attached hydrogens (tertiary/aromatic N) is 1. The molecular weight excluding hydrogens is 339 g/mol. The molecule has 1 atom stereocenters. The van der Waals surface area contributed by atoms with E-state index in [1.807, 2.05) is 24.3 Å². The molecule has 140 valence electrons. The molecule has 2 nitrogen and oxygen atoms in total. The van der Waals surface area contributed by atoms with Gasteiger partial charge in [-0.1, -0.05) is 31.2 Å². The van der Waals surface area contributed by atoms with E-state index in [1.54, 1.807) is 0 Å². The number of likely N-dealkylation sites (tertiary alicyclic amines) is 1. The van der Waals surface area contributed by atoms with Gasteiger partial charge in [-0.15, -0.1) is 0 Å². The Morgan fingerprint density at radius 1 is 1.00 bits per heavy atom. The minimum atomic E-state index is -4.29. The van der Waals surface area contributed by atoms with Crippen molar-refractivity contribution in [2.45, 2.75) is 38.4 Å². The molecule has 1 unspecified atom stereocenters. The fourth-order valence-corrected chi connectivity index (χ4v) is 3.44. The molecule has 1 saturated heterocycles. The van der Waals surface area contributed by atoms with Gasteiger partial charge < -0.3 is 4.74 Å². The first-order valence-corrected chi connectivity index (χ1v) is 9.07. The lowest BCUT2D eigenvalue weighted by molar-refractivity contribution is -0.137. The summed E-state index contributed by atoms with van der Waals surface area (Å²) in [5.74, 6) is 0.837. The highest BCUT2D eigenvalue weighted by atomic mass is 19.4. The summed E-state index contributed by atoms with van der Waals surface area (Å²) in [6.07, 6.45) is -1.28. The molecule has 0 bridgehead atoms. The van der Waals surface area contributed by atoms with Crippen LogP contribution in [-0.2, 0) is 12.6 Å². The van der Waals surface area contributed by atoms with Crippen LogP contribution >= 0.6 is 0 Å². The number of hydrogen-bond acceptors (Lipinski definition) is 2. The molecule has 26 heavy (non-hydrogen) atoms. The maximum absolute atomic E-state index is 12.6. The van der Waals surface area contributed by atoms with Gasteiger partial charge >= 0.3 is 6.18 Å². The Labute approximate surface area is 152 Å². The summed E-state index contributed by atoms with van der Waals surface area (Å²) >= 11 is 0. The number of benzene rings is 2. The largest absolute Gasteiger partial charge is 0.492 e. The number of halogens is 3. The number of hydrogen-bond donors (Lipinski definition) is 0. The van der Waals surface area contributed by atoms with Gasteiger partial charge in [0, 0.05) is 6.04 Å². The monoisotopic (exact) mass is 363 g/mol. The first kappa shape index (κ1) is 18.8. The highest BCUT2D eigenvalue weighted by Gasteiger charge is 2.29. The highest BCUT2D eigenvalue weighted by Crippen LogP contribution is 2.29. The topological polar surface area (TPSA) is 12.5 Å². The van der Waals surface area contributed by atoms with Crippen LogP contribution < -0.4 is 4.74 Å². The van der Waals surface area contributed by atoms with Gasteiger partial charge in [0.05, 0.1) is 5.56 Å². The van der Waals surface area contributed by atoms with Gasteiger partial charge in [-0.25, -0.2) is 0 Å². The zero-order valence-corrected chi connectivity index (χ0v) is 14.9. The average molecular weight is 363 g/mol. The second kappa shape index (κ2) is 8.12. The predicted octanol–water partition coefficient (Wildman–Crippen LogP) is 5.16. The van der Waals surface area contributed by atoms with E-state index in [1.165, 1.54) is 25.0 Å². The van der Waals surface area contributed by atoms with Crippen LogP contribution in [0.1, 0.15) is 36.5 Å². The van der Waals surface area contributed by atoms with Crippen LogP contribution in [0.3, 0.4) is 0 Å². The third-order valence-electron chi connectivity index (χ3n) is 4.96. The number of alkyl halides is 3. The first-order valence-electron chi connectivity index (χ1n) is 9.07. The Hall–Kier alpha value is -2.01. The predicted molar refractivity (Wildman–Crippen MR) is 96.5 cm³/mol. The van der Waals surface area contributed by atoms with E-state index in [4.69, 9.17) is 4.74 Å². The van der Waals surface area contributed by atoms with Crippen LogP contribution in [0.15, 0.2) is 48.5 Å². The van der Waals surface area contributed by atoms with Gasteiger partial charge in [0.25, 0.3) is 0 Å². The summed E-state index contributed by atoms with van der Waals surface area (Å²) in [6.45, 7) is 5.08. The van der Waals surface area contributed by atoms with Crippen LogP contribution in [0, 0.1) is 0 Å². The molecule has 1 heterocycles. The standard InChI is InChI=1S/C21H24F3NO/c1-2-25-13-3-4-19(25)15-26-20-11-7-17(8-12-20)14-16-5-9-18(10-6-16)21(22,23)24/h5-12,19H,2-4,13-15H2,1H3. The fourth-order valence-electron chi connectivity index (χ4n) is 3.44. The quantitative estimate of drug-likeness (QED) is 0.703. The van der Waals surface area contributed by atoms with Crippen LogP contribution in [-0.4, -0.2) is 30.6 Å². The van der Waals surface area contributed by atoms with Gasteiger partial charge in [0.15, 0.2) is 0 Å². The number of likely N-dealkylation sites (N-methyl/N-ethyl adjacent to an activating group) is 1. The third kappa shape index (κ3) is 4.79. The van der Waals surface area contributed by atoms with Crippen molar-refractivity contribution in [1.29, 1.82) is 0 Å². The molecule has 1 aliphatic heterocycles. The van der Waals surface area contributed by atoms with Crippen molar-refractivity contribution in [3.8, 4) is 5.75 Å². The highest BCUT2D eigenvalue weighted by molar-refractivity contribution is 5.33. The van der Waals surface area contributed by atoms with E-state index < -0.39 is 11.7 Å². The van der Waals surface area contributed by atoms with E-state index in [-0.39, 0.29) is 0 Å². The van der Waals surface area contributed by atoms with Gasteiger partial charge in [-0.05, 0) is 67.7 Å². The van der Waals surface area contributed by atoms with Crippen LogP contribution in [0.25, 0.3) is 0 Å². The van der Waals surface area contributed by atoms with Gasteiger partial charge in [0.2, 0.25) is 0 Å². The normalized spacial score (nSPS) is 18.2. The van der Waals surface area contributed by atoms with Gasteiger partial charge in [-0.3, -0.25) is 4.90 Å². The summed E-state index contributed by atoms with van der Waals surface area (Å²) in [6, 6.07) is 13.6. The smallest absolute Gasteiger partial charge is 0.416 e. The van der Waals surface area contributed by atoms with E-state index in [2.05, 4.69) is 11.8 Å². The van der Waals surface area contributed by atoms with E-state index in [9.17, 15) is 13.2 Å². The van der Waals surface area contributed by atoms with Crippen molar-refractivity contribution >= 4 is 0 Å². The molecule has 0 saturated carbocycles. The van der Waals surface area contributed by atoms with Crippen molar-refractivity contribution in [1.82, 2.24) is 4.90 Å². The maximum atomic E-state index is 12.6. The summed E-state index contributed by atoms with van der Waals surface area (Å²) in [4.78, 5) is 2.44. The molecule has 0 N–H and O–H groups in total. The molecular formula is C21H24F3NO. The lowest BCUT2D eigenvalue weighted by Crippen LogP contribution is -2.33. The minimum absolute atomic E-state index is 0.492. The van der Waals surface area contributed by atoms with Crippen LogP contribution in [0.2, 0.25) is 0 Å². The molecule has 1 fully saturated rings. The van der Waals surface area contributed by atoms with Crippen molar-refractivity contribution in [3.05, 3.63) is 65.2 Å². The molecule has 0 aliphatic carbocycles. The minimum Gasteiger partial charge on any atom is -0.492 e. The molecule has 5 heteroatoms. The first-order chi connectivity index (χ1) is 12.5. The van der Waals surface area contributed by atoms with Crippen molar-refractivity contribution in [2.24, 2.45) is 0 Å². The fraction of sp³-hybridized carbons (Fsp3) is 0.429. The summed E-state index contributed by atoms with van der Waals surface area (Å²) < 4.78 is 43.7. The zero-order chi connectivity index (χ0) is 18.6. The molecule has 0 aromatic heterocycles. The zero-order valence-electron chi connectivity index (χ0n) is 14.9. The van der Waals surface area contributed by atoms with Crippen molar-refractivity contribution < 1.29 is 17.9 Å². The Morgan fingerprint density at radius 3 is 2.19 bits per heavy atom. The summed E-state index contributed by atoms with van der Waals surface area (Å²) in [5.41, 5.74) is 1.29. The van der Waals surface area contributed by atoms with Crippen LogP contribution in [0.4, 0.5) is 13.2 Å². The summed E-state index contributed by atoms with van der Waals surface area (Å²) in [5, 5.41) is 0. The SMILES string of the molecule is CCN1CCCC1COc1ccc(Cc2ccc(C(F)(F)F)cc2)cc1. The molecule has 2 aromatic carbocycles. The van der Waals surface area contributed by atoms with Gasteiger partial charge in [0.1, 0.15) is 12.4 Å². The van der Waals surface area contributed by atoms with Gasteiger partial charge in [-0.2, -0.15) is 13.2 Å². The molecule has 3 rings (SSSR count). The lowest BCUT2D eigenvalue weighted by atomic mass is 10.0. The number of ether oxygens (including phenoxy) is 1. The van der Waals surface area contributed by atoms with E-state index >= 15 is 0 Å². The molecule has 0 amide bonds. The average Bonchev–Trinajstić information content (AvgIpc) is 3.08. The molecule has 2 aromatic rings. The molecule has 0 radical (unpaired) electrons. The van der Waals surface area contributed by atoms with Crippen LogP contribution in [0.5, 0.6) is 5.75 Å².